The Labute approximate surface area is 123 Å². The smallest absolute Gasteiger partial charge is 0.236 e. The normalized spacial score (nSPS) is 19.7. The first-order chi connectivity index (χ1) is 10.1. The number of benzene rings is 1. The van der Waals surface area contributed by atoms with E-state index >= 15 is 0 Å². The van der Waals surface area contributed by atoms with E-state index in [1.54, 1.807) is 19.1 Å². The van der Waals surface area contributed by atoms with Crippen LogP contribution in [-0.2, 0) is 4.79 Å². The number of carbonyl (C=O) groups is 1. The van der Waals surface area contributed by atoms with E-state index in [0.717, 1.165) is 5.75 Å². The molecule has 1 amide bonds. The molecule has 0 radical (unpaired) electrons. The third kappa shape index (κ3) is 3.66. The summed E-state index contributed by atoms with van der Waals surface area (Å²) in [6.45, 7) is 4.25. The van der Waals surface area contributed by atoms with Gasteiger partial charge in [0, 0.05) is 5.71 Å². The number of nitriles is 1. The van der Waals surface area contributed by atoms with Gasteiger partial charge in [0.2, 0.25) is 11.9 Å². The molecule has 1 heterocycles. The van der Waals surface area contributed by atoms with Gasteiger partial charge in [-0.15, -0.1) is 0 Å². The third-order valence-electron chi connectivity index (χ3n) is 3.02. The van der Waals surface area contributed by atoms with Crippen molar-refractivity contribution in [2.75, 3.05) is 6.61 Å². The van der Waals surface area contributed by atoms with Crippen LogP contribution in [0.2, 0.25) is 0 Å². The van der Waals surface area contributed by atoms with Crippen LogP contribution in [0.5, 0.6) is 5.75 Å². The fourth-order valence-electron chi connectivity index (χ4n) is 1.95. The van der Waals surface area contributed by atoms with Crippen LogP contribution in [0, 0.1) is 17.2 Å². The lowest BCUT2D eigenvalue weighted by molar-refractivity contribution is -0.121. The lowest BCUT2D eigenvalue weighted by atomic mass is 9.99. The van der Waals surface area contributed by atoms with Crippen LogP contribution >= 0.6 is 0 Å². The highest BCUT2D eigenvalue weighted by Gasteiger charge is 2.27. The van der Waals surface area contributed by atoms with Crippen LogP contribution < -0.4 is 10.1 Å². The molecule has 1 N–H and O–H groups in total. The molecule has 0 fully saturated rings. The maximum atomic E-state index is 11.9. The number of aliphatic imine (C=N–C) groups is 2. The number of rotatable bonds is 4. The predicted octanol–water partition coefficient (Wildman–Crippen LogP) is 2.19. The fourth-order valence-corrected chi connectivity index (χ4v) is 1.95. The van der Waals surface area contributed by atoms with E-state index in [-0.39, 0.29) is 18.3 Å². The summed E-state index contributed by atoms with van der Waals surface area (Å²) in [5.41, 5.74) is 1.27. The molecule has 108 valence electrons. The molecule has 6 nitrogen and oxygen atoms in total. The summed E-state index contributed by atoms with van der Waals surface area (Å²) in [5.74, 6) is 0.279. The van der Waals surface area contributed by atoms with Gasteiger partial charge in [-0.05, 0) is 38.1 Å². The van der Waals surface area contributed by atoms with E-state index in [0.29, 0.717) is 18.0 Å². The lowest BCUT2D eigenvalue weighted by Gasteiger charge is -2.19. The summed E-state index contributed by atoms with van der Waals surface area (Å²) >= 11 is 0. The van der Waals surface area contributed by atoms with E-state index in [1.165, 1.54) is 0 Å². The van der Waals surface area contributed by atoms with Crippen molar-refractivity contribution in [3.05, 3.63) is 24.3 Å². The zero-order valence-electron chi connectivity index (χ0n) is 12.0. The fraction of sp³-hybridized carbons (Fsp3) is 0.333. The van der Waals surface area contributed by atoms with Crippen molar-refractivity contribution in [1.82, 2.24) is 5.32 Å². The predicted molar refractivity (Wildman–Crippen MR) is 79.7 cm³/mol. The molecule has 0 saturated carbocycles. The topological polar surface area (TPSA) is 86.8 Å². The number of guanidine groups is 1. The van der Waals surface area contributed by atoms with Crippen molar-refractivity contribution in [2.24, 2.45) is 15.9 Å². The van der Waals surface area contributed by atoms with Gasteiger partial charge in [-0.3, -0.25) is 10.1 Å². The van der Waals surface area contributed by atoms with Crippen molar-refractivity contribution in [1.29, 1.82) is 5.26 Å². The minimum absolute atomic E-state index is 0.123. The third-order valence-corrected chi connectivity index (χ3v) is 3.02. The van der Waals surface area contributed by atoms with Gasteiger partial charge in [-0.25, -0.2) is 9.98 Å². The Kier molecular flexibility index (Phi) is 4.67. The Balaban J connectivity index is 2.18. The number of carbonyl (C=O) groups excluding carboxylic acids is 1. The van der Waals surface area contributed by atoms with Crippen molar-refractivity contribution < 1.29 is 9.53 Å². The first kappa shape index (κ1) is 14.7. The Morgan fingerprint density at radius 1 is 1.43 bits per heavy atom. The Morgan fingerprint density at radius 3 is 2.71 bits per heavy atom. The summed E-state index contributed by atoms with van der Waals surface area (Å²) in [5, 5.41) is 11.3. The van der Waals surface area contributed by atoms with Gasteiger partial charge in [-0.1, -0.05) is 0 Å². The molecule has 2 rings (SSSR count). The van der Waals surface area contributed by atoms with Crippen LogP contribution in [-0.4, -0.2) is 24.2 Å². The molecular weight excluding hydrogens is 268 g/mol. The summed E-state index contributed by atoms with van der Waals surface area (Å²) < 4.78 is 5.35. The first-order valence-electron chi connectivity index (χ1n) is 6.68. The second kappa shape index (κ2) is 6.66. The van der Waals surface area contributed by atoms with Crippen molar-refractivity contribution >= 4 is 23.3 Å². The molecule has 0 saturated heterocycles. The van der Waals surface area contributed by atoms with Crippen LogP contribution in [0.25, 0.3) is 0 Å². The molecule has 0 spiro atoms. The first-order valence-corrected chi connectivity index (χ1v) is 6.68. The standard InChI is InChI=1S/C15H16N4O2/c1-3-21-12-6-4-11(5-7-12)18-15-17-10(2)13(8-9-16)14(20)19-15/h4-7,13H,3,8H2,1-2H3,(H,18,19,20). The van der Waals surface area contributed by atoms with Gasteiger partial charge in [-0.2, -0.15) is 5.26 Å². The minimum Gasteiger partial charge on any atom is -0.494 e. The molecule has 1 aromatic carbocycles. The number of nitrogens with zero attached hydrogens (tertiary/aromatic N) is 3. The Morgan fingerprint density at radius 2 is 2.14 bits per heavy atom. The van der Waals surface area contributed by atoms with E-state index < -0.39 is 5.92 Å². The van der Waals surface area contributed by atoms with Crippen molar-refractivity contribution in [3.8, 4) is 11.8 Å². The SMILES string of the molecule is CCOc1ccc(N=C2N=C(C)C(CC#N)C(=O)N2)cc1. The molecular formula is C15H16N4O2. The molecule has 1 aliphatic rings. The average Bonchev–Trinajstić information content (AvgIpc) is 2.45. The molecule has 0 aromatic heterocycles. The van der Waals surface area contributed by atoms with E-state index in [9.17, 15) is 4.79 Å². The molecule has 0 bridgehead atoms. The molecule has 1 aromatic rings. The minimum atomic E-state index is -0.491. The quantitative estimate of drug-likeness (QED) is 0.919. The van der Waals surface area contributed by atoms with Gasteiger partial charge in [0.1, 0.15) is 5.75 Å². The zero-order chi connectivity index (χ0) is 15.2. The van der Waals surface area contributed by atoms with Gasteiger partial charge in [0.25, 0.3) is 0 Å². The number of hydrogen-bond acceptors (Lipinski definition) is 4. The molecule has 1 unspecified atom stereocenters. The molecule has 1 aliphatic heterocycles. The lowest BCUT2D eigenvalue weighted by Crippen LogP contribution is -2.42. The summed E-state index contributed by atoms with van der Waals surface area (Å²) in [6.07, 6.45) is 0.123. The summed E-state index contributed by atoms with van der Waals surface area (Å²) in [6, 6.07) is 9.18. The second-order valence-electron chi connectivity index (χ2n) is 4.52. The summed E-state index contributed by atoms with van der Waals surface area (Å²) in [4.78, 5) is 20.4. The van der Waals surface area contributed by atoms with E-state index in [4.69, 9.17) is 10.00 Å². The number of ether oxygens (including phenoxy) is 1. The van der Waals surface area contributed by atoms with Crippen LogP contribution in [0.1, 0.15) is 20.3 Å². The molecule has 1 atom stereocenters. The van der Waals surface area contributed by atoms with Gasteiger partial charge in [0.05, 0.1) is 30.7 Å². The van der Waals surface area contributed by atoms with Crippen molar-refractivity contribution in [3.63, 3.8) is 0 Å². The summed E-state index contributed by atoms with van der Waals surface area (Å²) in [7, 11) is 0. The highest BCUT2D eigenvalue weighted by atomic mass is 16.5. The maximum Gasteiger partial charge on any atom is 0.236 e. The van der Waals surface area contributed by atoms with E-state index in [2.05, 4.69) is 15.3 Å². The number of nitrogens with one attached hydrogen (secondary N) is 1. The zero-order valence-corrected chi connectivity index (χ0v) is 12.0. The average molecular weight is 284 g/mol. The van der Waals surface area contributed by atoms with Gasteiger partial charge in [0.15, 0.2) is 0 Å². The van der Waals surface area contributed by atoms with Crippen molar-refractivity contribution in [2.45, 2.75) is 20.3 Å². The van der Waals surface area contributed by atoms with Gasteiger partial charge >= 0.3 is 0 Å². The molecule has 6 heteroatoms. The Hall–Kier alpha value is -2.68. The highest BCUT2D eigenvalue weighted by molar-refractivity contribution is 6.17. The van der Waals surface area contributed by atoms with Crippen LogP contribution in [0.15, 0.2) is 34.3 Å². The Bertz CT molecular complexity index is 626. The van der Waals surface area contributed by atoms with Gasteiger partial charge < -0.3 is 4.74 Å². The monoisotopic (exact) mass is 284 g/mol. The largest absolute Gasteiger partial charge is 0.494 e. The number of hydrogen-bond donors (Lipinski definition) is 1. The van der Waals surface area contributed by atoms with Crippen LogP contribution in [0.4, 0.5) is 5.69 Å². The molecule has 21 heavy (non-hydrogen) atoms. The second-order valence-corrected chi connectivity index (χ2v) is 4.52. The highest BCUT2D eigenvalue weighted by Crippen LogP contribution is 2.19. The number of amides is 1. The molecule has 0 aliphatic carbocycles. The maximum absolute atomic E-state index is 11.9. The van der Waals surface area contributed by atoms with E-state index in [1.807, 2.05) is 25.1 Å². The van der Waals surface area contributed by atoms with Crippen LogP contribution in [0.3, 0.4) is 0 Å².